The van der Waals surface area contributed by atoms with Crippen LogP contribution >= 0.6 is 15.9 Å². The van der Waals surface area contributed by atoms with Crippen LogP contribution in [0.4, 0.5) is 5.69 Å². The number of rotatable bonds is 1. The summed E-state index contributed by atoms with van der Waals surface area (Å²) in [4.78, 5) is 13.6. The van der Waals surface area contributed by atoms with Crippen LogP contribution in [-0.4, -0.2) is 18.1 Å². The maximum absolute atomic E-state index is 11.8. The van der Waals surface area contributed by atoms with E-state index in [9.17, 15) is 4.79 Å². The number of carbonyl (C=O) groups excluding carboxylic acids is 1. The monoisotopic (exact) mass is 252 g/mol. The first kappa shape index (κ1) is 9.58. The van der Waals surface area contributed by atoms with Crippen LogP contribution in [0.3, 0.4) is 0 Å². The fourth-order valence-electron chi connectivity index (χ4n) is 1.70. The zero-order chi connectivity index (χ0) is 10.3. The molecule has 0 aliphatic carbocycles. The van der Waals surface area contributed by atoms with Crippen LogP contribution in [-0.2, 0) is 6.54 Å². The average molecular weight is 253 g/mol. The van der Waals surface area contributed by atoms with Gasteiger partial charge in [0.2, 0.25) is 13.3 Å². The number of amides is 1. The Bertz CT molecular complexity index is 408. The van der Waals surface area contributed by atoms with Gasteiger partial charge in [0.05, 0.1) is 0 Å². The molecule has 0 fully saturated rings. The molecule has 0 spiro atoms. The highest BCUT2D eigenvalue weighted by Crippen LogP contribution is 2.31. The summed E-state index contributed by atoms with van der Waals surface area (Å²) in [7, 11) is 0.736. The Hall–Kier alpha value is -0.965. The molecule has 5 heteroatoms. The van der Waals surface area contributed by atoms with Crippen molar-refractivity contribution in [1.29, 1.82) is 0 Å². The van der Waals surface area contributed by atoms with E-state index in [4.69, 9.17) is 5.73 Å². The van der Waals surface area contributed by atoms with Gasteiger partial charge >= 0.3 is 0 Å². The molecular formula is C9H10BBrN2O. The predicted octanol–water partition coefficient (Wildman–Crippen LogP) is 1.39. The summed E-state index contributed by atoms with van der Waals surface area (Å²) >= 11 is 3.42. The fraction of sp³-hybridized carbons (Fsp3) is 0.222. The molecule has 2 N–H and O–H groups in total. The van der Waals surface area contributed by atoms with Gasteiger partial charge in [-0.3, -0.25) is 4.79 Å². The van der Waals surface area contributed by atoms with E-state index in [2.05, 4.69) is 15.9 Å². The van der Waals surface area contributed by atoms with Crippen molar-refractivity contribution in [2.75, 3.05) is 5.73 Å². The first-order valence-corrected chi connectivity index (χ1v) is 5.30. The van der Waals surface area contributed by atoms with E-state index < -0.39 is 0 Å². The molecule has 1 amide bonds. The number of nitrogens with zero attached hydrogens (tertiary/aromatic N) is 1. The molecule has 0 atom stereocenters. The van der Waals surface area contributed by atoms with Crippen LogP contribution in [0.15, 0.2) is 16.6 Å². The van der Waals surface area contributed by atoms with Gasteiger partial charge < -0.3 is 10.5 Å². The van der Waals surface area contributed by atoms with Gasteiger partial charge in [-0.1, -0.05) is 22.8 Å². The second kappa shape index (κ2) is 3.31. The van der Waals surface area contributed by atoms with Crippen LogP contribution in [0, 0.1) is 0 Å². The number of carbonyl (C=O) groups is 1. The number of nitrogens with two attached hydrogens (primary N) is 1. The number of halogens is 1. The molecule has 0 radical (unpaired) electrons. The molecule has 1 aliphatic rings. The standard InChI is InChI=1S/C9H10BBrN2O/c1-10-13-4-7-6(9(13)14)2-5(12)3-8(7)11/h2-3,10H,4,12H2,1H3. The zero-order valence-electron chi connectivity index (χ0n) is 7.88. The van der Waals surface area contributed by atoms with Gasteiger partial charge in [0.15, 0.2) is 0 Å². The number of nitrogen functional groups attached to an aromatic ring is 1. The average Bonchev–Trinajstić information content (AvgIpc) is 2.44. The van der Waals surface area contributed by atoms with Crippen molar-refractivity contribution in [2.45, 2.75) is 13.4 Å². The molecule has 1 heterocycles. The quantitative estimate of drug-likeness (QED) is 0.607. The lowest BCUT2D eigenvalue weighted by atomic mass is 9.97. The summed E-state index contributed by atoms with van der Waals surface area (Å²) in [5.41, 5.74) is 8.09. The predicted molar refractivity (Wildman–Crippen MR) is 61.4 cm³/mol. The van der Waals surface area contributed by atoms with Gasteiger partial charge in [-0.15, -0.1) is 0 Å². The van der Waals surface area contributed by atoms with Crippen LogP contribution < -0.4 is 5.73 Å². The molecule has 0 unspecified atom stereocenters. The zero-order valence-corrected chi connectivity index (χ0v) is 9.47. The Morgan fingerprint density at radius 3 is 2.93 bits per heavy atom. The summed E-state index contributed by atoms with van der Waals surface area (Å²) in [5.74, 6) is 0.0792. The van der Waals surface area contributed by atoms with Gasteiger partial charge in [0.25, 0.3) is 0 Å². The molecule has 3 nitrogen and oxygen atoms in total. The van der Waals surface area contributed by atoms with Gasteiger partial charge in [0, 0.05) is 22.3 Å². The molecule has 0 aromatic heterocycles. The summed E-state index contributed by atoms with van der Waals surface area (Å²) in [6, 6.07) is 3.59. The van der Waals surface area contributed by atoms with E-state index >= 15 is 0 Å². The van der Waals surface area contributed by atoms with Crippen LogP contribution in [0.2, 0.25) is 6.82 Å². The van der Waals surface area contributed by atoms with E-state index in [1.54, 1.807) is 10.9 Å². The van der Waals surface area contributed by atoms with Crippen molar-refractivity contribution in [3.8, 4) is 0 Å². The SMILES string of the molecule is CBN1Cc2c(Br)cc(N)cc2C1=O. The number of fused-ring (bicyclic) bond motifs is 1. The lowest BCUT2D eigenvalue weighted by Crippen LogP contribution is -2.25. The highest BCUT2D eigenvalue weighted by Gasteiger charge is 2.27. The number of anilines is 1. The van der Waals surface area contributed by atoms with Crippen LogP contribution in [0.1, 0.15) is 15.9 Å². The third-order valence-corrected chi connectivity index (χ3v) is 3.17. The second-order valence-electron chi connectivity index (χ2n) is 3.35. The Morgan fingerprint density at radius 1 is 1.57 bits per heavy atom. The molecule has 2 rings (SSSR count). The van der Waals surface area contributed by atoms with E-state index in [0.717, 1.165) is 23.0 Å². The molecule has 1 aliphatic heterocycles. The maximum atomic E-state index is 11.8. The van der Waals surface area contributed by atoms with E-state index in [-0.39, 0.29) is 5.91 Å². The highest BCUT2D eigenvalue weighted by molar-refractivity contribution is 9.10. The lowest BCUT2D eigenvalue weighted by Gasteiger charge is -2.10. The summed E-state index contributed by atoms with van der Waals surface area (Å²) in [6.45, 7) is 2.66. The van der Waals surface area contributed by atoms with Gasteiger partial charge in [0.1, 0.15) is 0 Å². The topological polar surface area (TPSA) is 46.3 Å². The molecule has 0 bridgehead atoms. The van der Waals surface area contributed by atoms with Crippen molar-refractivity contribution < 1.29 is 4.79 Å². The Kier molecular flexibility index (Phi) is 2.27. The van der Waals surface area contributed by atoms with E-state index in [0.29, 0.717) is 12.2 Å². The van der Waals surface area contributed by atoms with Crippen molar-refractivity contribution in [2.24, 2.45) is 0 Å². The lowest BCUT2D eigenvalue weighted by molar-refractivity contribution is 0.0877. The Morgan fingerprint density at radius 2 is 2.29 bits per heavy atom. The van der Waals surface area contributed by atoms with Crippen molar-refractivity contribution in [1.82, 2.24) is 4.81 Å². The fourth-order valence-corrected chi connectivity index (χ4v) is 2.30. The number of benzene rings is 1. The second-order valence-corrected chi connectivity index (χ2v) is 4.20. The molecule has 14 heavy (non-hydrogen) atoms. The Labute approximate surface area is 91.7 Å². The molecular weight excluding hydrogens is 243 g/mol. The van der Waals surface area contributed by atoms with E-state index in [1.165, 1.54) is 0 Å². The minimum absolute atomic E-state index is 0.0792. The molecule has 1 aromatic carbocycles. The normalized spacial score (nSPS) is 14.4. The first-order chi connectivity index (χ1) is 6.63. The van der Waals surface area contributed by atoms with Crippen LogP contribution in [0.5, 0.6) is 0 Å². The van der Waals surface area contributed by atoms with Gasteiger partial charge in [-0.2, -0.15) is 0 Å². The van der Waals surface area contributed by atoms with Gasteiger partial charge in [-0.05, 0) is 17.7 Å². The smallest absolute Gasteiger partial charge is 0.242 e. The summed E-state index contributed by atoms with van der Waals surface area (Å²) in [6.07, 6.45) is 0. The molecule has 0 saturated carbocycles. The third kappa shape index (κ3) is 1.32. The maximum Gasteiger partial charge on any atom is 0.242 e. The highest BCUT2D eigenvalue weighted by atomic mass is 79.9. The van der Waals surface area contributed by atoms with Crippen molar-refractivity contribution >= 4 is 34.9 Å². The van der Waals surface area contributed by atoms with Crippen LogP contribution in [0.25, 0.3) is 0 Å². The Balaban J connectivity index is 2.53. The number of hydrogen-bond acceptors (Lipinski definition) is 2. The molecule has 72 valence electrons. The third-order valence-electron chi connectivity index (χ3n) is 2.47. The van der Waals surface area contributed by atoms with E-state index in [1.807, 2.05) is 12.9 Å². The summed E-state index contributed by atoms with van der Waals surface area (Å²) in [5, 5.41) is 0. The van der Waals surface area contributed by atoms with Gasteiger partial charge in [-0.25, -0.2) is 0 Å². The molecule has 1 aromatic rings. The minimum Gasteiger partial charge on any atom is -0.399 e. The largest absolute Gasteiger partial charge is 0.399 e. The minimum atomic E-state index is 0.0792. The molecule has 0 saturated heterocycles. The number of hydrogen-bond donors (Lipinski definition) is 1. The van der Waals surface area contributed by atoms with Crippen molar-refractivity contribution in [3.63, 3.8) is 0 Å². The first-order valence-electron chi connectivity index (χ1n) is 4.50. The summed E-state index contributed by atoms with van der Waals surface area (Å²) < 4.78 is 0.928. The van der Waals surface area contributed by atoms with Crippen molar-refractivity contribution in [3.05, 3.63) is 27.7 Å².